The number of ether oxygens (including phenoxy) is 1. The lowest BCUT2D eigenvalue weighted by atomic mass is 9.97. The molecule has 0 bridgehead atoms. The topological polar surface area (TPSA) is 9.23 Å². The van der Waals surface area contributed by atoms with Crippen LogP contribution in [0.25, 0.3) is 0 Å². The highest BCUT2D eigenvalue weighted by Gasteiger charge is 2.10. The molecule has 0 saturated heterocycles. The van der Waals surface area contributed by atoms with Crippen molar-refractivity contribution >= 4 is 0 Å². The first-order valence-electron chi connectivity index (χ1n) is 5.97. The number of para-hydroxylation sites is 1. The van der Waals surface area contributed by atoms with Gasteiger partial charge in [0, 0.05) is 0 Å². The summed E-state index contributed by atoms with van der Waals surface area (Å²) in [6.45, 7) is 11.1. The summed E-state index contributed by atoms with van der Waals surface area (Å²) in [5, 5.41) is 0. The molecule has 1 aromatic carbocycles. The highest BCUT2D eigenvalue weighted by atomic mass is 16.5. The summed E-state index contributed by atoms with van der Waals surface area (Å²) in [6, 6.07) is 8.29. The molecule has 0 spiro atoms. The molecule has 1 aromatic rings. The van der Waals surface area contributed by atoms with Crippen LogP contribution in [0, 0.1) is 5.92 Å². The first-order chi connectivity index (χ1) is 7.65. The van der Waals surface area contributed by atoms with Gasteiger partial charge in [0.2, 0.25) is 0 Å². The Balaban J connectivity index is 2.78. The Labute approximate surface area is 99.1 Å². The molecule has 0 amide bonds. The van der Waals surface area contributed by atoms with Gasteiger partial charge in [-0.3, -0.25) is 0 Å². The summed E-state index contributed by atoms with van der Waals surface area (Å²) in [4.78, 5) is 0. The fourth-order valence-corrected chi connectivity index (χ4v) is 1.65. The average molecular weight is 218 g/mol. The fourth-order valence-electron chi connectivity index (χ4n) is 1.65. The summed E-state index contributed by atoms with van der Waals surface area (Å²) in [5.74, 6) is 2.05. The molecule has 1 heteroatoms. The van der Waals surface area contributed by atoms with Crippen molar-refractivity contribution in [3.63, 3.8) is 0 Å². The van der Waals surface area contributed by atoms with Gasteiger partial charge in [-0.1, -0.05) is 45.0 Å². The van der Waals surface area contributed by atoms with Crippen molar-refractivity contribution in [2.24, 2.45) is 5.92 Å². The predicted octanol–water partition coefficient (Wildman–Crippen LogP) is 4.40. The highest BCUT2D eigenvalue weighted by molar-refractivity contribution is 5.36. The van der Waals surface area contributed by atoms with Gasteiger partial charge >= 0.3 is 0 Å². The van der Waals surface area contributed by atoms with Gasteiger partial charge in [-0.2, -0.15) is 0 Å². The van der Waals surface area contributed by atoms with Gasteiger partial charge in [0.1, 0.15) is 5.75 Å². The molecule has 1 nitrogen and oxygen atoms in total. The summed E-state index contributed by atoms with van der Waals surface area (Å²) in [6.07, 6.45) is 2.95. The van der Waals surface area contributed by atoms with E-state index < -0.39 is 0 Å². The van der Waals surface area contributed by atoms with Gasteiger partial charge < -0.3 is 4.74 Å². The summed E-state index contributed by atoms with van der Waals surface area (Å²) in [5.41, 5.74) is 1.28. The molecule has 0 aromatic heterocycles. The van der Waals surface area contributed by atoms with Gasteiger partial charge in [-0.05, 0) is 29.9 Å². The molecule has 0 saturated carbocycles. The molecule has 0 fully saturated rings. The number of hydrogen-bond acceptors (Lipinski definition) is 1. The van der Waals surface area contributed by atoms with Crippen molar-refractivity contribution in [1.82, 2.24) is 0 Å². The Morgan fingerprint density at radius 2 is 1.94 bits per heavy atom. The van der Waals surface area contributed by atoms with Crippen LogP contribution in [-0.4, -0.2) is 6.61 Å². The van der Waals surface area contributed by atoms with Gasteiger partial charge in [0.05, 0.1) is 6.61 Å². The van der Waals surface area contributed by atoms with E-state index in [2.05, 4.69) is 45.5 Å². The second-order valence-corrected chi connectivity index (χ2v) is 4.67. The third kappa shape index (κ3) is 3.73. The average Bonchev–Trinajstić information content (AvgIpc) is 2.27. The lowest BCUT2D eigenvalue weighted by molar-refractivity contribution is 0.267. The number of rotatable bonds is 6. The monoisotopic (exact) mass is 218 g/mol. The molecule has 0 N–H and O–H groups in total. The lowest BCUT2D eigenvalue weighted by Crippen LogP contribution is -2.07. The summed E-state index contributed by atoms with van der Waals surface area (Å²) in [7, 11) is 0. The van der Waals surface area contributed by atoms with E-state index in [0.717, 1.165) is 18.8 Å². The third-order valence-electron chi connectivity index (χ3n) is 2.54. The van der Waals surface area contributed by atoms with Crippen LogP contribution in [0.2, 0.25) is 0 Å². The van der Waals surface area contributed by atoms with Gasteiger partial charge in [-0.15, -0.1) is 6.58 Å². The Morgan fingerprint density at radius 3 is 2.56 bits per heavy atom. The Morgan fingerprint density at radius 1 is 1.25 bits per heavy atom. The minimum atomic E-state index is 0.473. The van der Waals surface area contributed by atoms with E-state index in [1.54, 1.807) is 0 Å². The molecule has 0 heterocycles. The van der Waals surface area contributed by atoms with Crippen LogP contribution in [0.1, 0.15) is 38.7 Å². The van der Waals surface area contributed by atoms with Gasteiger partial charge in [0.15, 0.2) is 0 Å². The molecule has 1 rings (SSSR count). The minimum absolute atomic E-state index is 0.473. The second-order valence-electron chi connectivity index (χ2n) is 4.67. The molecular weight excluding hydrogens is 196 g/mol. The van der Waals surface area contributed by atoms with Crippen LogP contribution in [0.3, 0.4) is 0 Å². The molecule has 1 unspecified atom stereocenters. The molecular formula is C15H22O. The Hall–Kier alpha value is -1.24. The lowest BCUT2D eigenvalue weighted by Gasteiger charge is -2.16. The molecule has 88 valence electrons. The molecule has 16 heavy (non-hydrogen) atoms. The van der Waals surface area contributed by atoms with Crippen LogP contribution in [-0.2, 0) is 0 Å². The summed E-state index contributed by atoms with van der Waals surface area (Å²) < 4.78 is 5.83. The van der Waals surface area contributed by atoms with Crippen LogP contribution in [0.15, 0.2) is 36.9 Å². The van der Waals surface area contributed by atoms with E-state index in [0.29, 0.717) is 11.8 Å². The van der Waals surface area contributed by atoms with Crippen molar-refractivity contribution in [3.8, 4) is 5.75 Å². The second kappa shape index (κ2) is 6.37. The van der Waals surface area contributed by atoms with Crippen molar-refractivity contribution in [1.29, 1.82) is 0 Å². The SMILES string of the molecule is C=CCC(C)c1ccccc1OCC(C)C. The van der Waals surface area contributed by atoms with E-state index in [4.69, 9.17) is 4.74 Å². The predicted molar refractivity (Wildman–Crippen MR) is 70.0 cm³/mol. The van der Waals surface area contributed by atoms with Crippen LogP contribution in [0.5, 0.6) is 5.75 Å². The van der Waals surface area contributed by atoms with Gasteiger partial charge in [-0.25, -0.2) is 0 Å². The van der Waals surface area contributed by atoms with E-state index in [1.165, 1.54) is 5.56 Å². The summed E-state index contributed by atoms with van der Waals surface area (Å²) >= 11 is 0. The van der Waals surface area contributed by atoms with Crippen LogP contribution < -0.4 is 4.74 Å². The van der Waals surface area contributed by atoms with Crippen molar-refractivity contribution < 1.29 is 4.74 Å². The maximum absolute atomic E-state index is 5.83. The molecule has 1 atom stereocenters. The van der Waals surface area contributed by atoms with Crippen molar-refractivity contribution in [2.75, 3.05) is 6.61 Å². The number of allylic oxidation sites excluding steroid dienone is 1. The van der Waals surface area contributed by atoms with E-state index in [-0.39, 0.29) is 0 Å². The third-order valence-corrected chi connectivity index (χ3v) is 2.54. The first kappa shape index (κ1) is 12.8. The maximum Gasteiger partial charge on any atom is 0.122 e. The van der Waals surface area contributed by atoms with Crippen LogP contribution in [0.4, 0.5) is 0 Å². The molecule has 0 radical (unpaired) electrons. The maximum atomic E-state index is 5.83. The van der Waals surface area contributed by atoms with E-state index >= 15 is 0 Å². The highest BCUT2D eigenvalue weighted by Crippen LogP contribution is 2.28. The van der Waals surface area contributed by atoms with Crippen molar-refractivity contribution in [3.05, 3.63) is 42.5 Å². The Kier molecular flexibility index (Phi) is 5.10. The zero-order chi connectivity index (χ0) is 12.0. The fraction of sp³-hybridized carbons (Fsp3) is 0.467. The smallest absolute Gasteiger partial charge is 0.122 e. The molecule has 0 aliphatic rings. The largest absolute Gasteiger partial charge is 0.493 e. The van der Waals surface area contributed by atoms with Gasteiger partial charge in [0.25, 0.3) is 0 Å². The normalized spacial score (nSPS) is 12.5. The molecule has 0 aliphatic heterocycles. The zero-order valence-corrected chi connectivity index (χ0v) is 10.6. The first-order valence-corrected chi connectivity index (χ1v) is 5.97. The zero-order valence-electron chi connectivity index (χ0n) is 10.6. The van der Waals surface area contributed by atoms with E-state index in [9.17, 15) is 0 Å². The standard InChI is InChI=1S/C15H22O/c1-5-8-13(4)14-9-6-7-10-15(14)16-11-12(2)3/h5-7,9-10,12-13H,1,8,11H2,2-4H3. The quantitative estimate of drug-likeness (QED) is 0.643. The molecule has 0 aliphatic carbocycles. The van der Waals surface area contributed by atoms with E-state index in [1.807, 2.05) is 12.1 Å². The van der Waals surface area contributed by atoms with Crippen molar-refractivity contribution in [2.45, 2.75) is 33.1 Å². The number of benzene rings is 1. The number of hydrogen-bond donors (Lipinski definition) is 0. The Bertz CT molecular complexity index is 328. The minimum Gasteiger partial charge on any atom is -0.493 e. The van der Waals surface area contributed by atoms with Crippen LogP contribution >= 0.6 is 0 Å².